The minimum atomic E-state index is -0.560. The number of benzene rings is 2. The monoisotopic (exact) mass is 295 g/mol. The first-order valence-electron chi connectivity index (χ1n) is 6.48. The molecule has 0 saturated heterocycles. The molecule has 0 radical (unpaired) electrons. The molecule has 0 aliphatic carbocycles. The lowest BCUT2D eigenvalue weighted by Gasteiger charge is -2.22. The normalized spacial score (nSPS) is 12.4. The van der Waals surface area contributed by atoms with E-state index in [1.807, 2.05) is 19.9 Å². The second-order valence-electron chi connectivity index (χ2n) is 4.63. The Balaban J connectivity index is 2.59. The summed E-state index contributed by atoms with van der Waals surface area (Å²) in [6, 6.07) is 8.70. The van der Waals surface area contributed by atoms with E-state index in [1.165, 1.54) is 18.2 Å². The van der Waals surface area contributed by atoms with E-state index in [0.29, 0.717) is 11.6 Å². The Morgan fingerprint density at radius 1 is 1.15 bits per heavy atom. The zero-order valence-electron chi connectivity index (χ0n) is 11.4. The van der Waals surface area contributed by atoms with Crippen LogP contribution in [0.4, 0.5) is 8.78 Å². The Bertz CT molecular complexity index is 593. The van der Waals surface area contributed by atoms with E-state index >= 15 is 0 Å². The second kappa shape index (κ2) is 6.33. The summed E-state index contributed by atoms with van der Waals surface area (Å²) in [5, 5.41) is 3.67. The molecule has 0 spiro atoms. The molecule has 2 aromatic rings. The van der Waals surface area contributed by atoms with Crippen molar-refractivity contribution in [3.63, 3.8) is 0 Å². The number of hydrogen-bond acceptors (Lipinski definition) is 1. The van der Waals surface area contributed by atoms with Gasteiger partial charge in [-0.1, -0.05) is 30.7 Å². The number of nitrogens with one attached hydrogen (secondary N) is 1. The van der Waals surface area contributed by atoms with Crippen molar-refractivity contribution in [1.29, 1.82) is 0 Å². The molecule has 0 aliphatic heterocycles. The molecule has 0 amide bonds. The number of aryl methyl sites for hydroxylation is 1. The summed E-state index contributed by atoms with van der Waals surface area (Å²) in [7, 11) is 0. The second-order valence-corrected chi connectivity index (χ2v) is 5.06. The van der Waals surface area contributed by atoms with Gasteiger partial charge in [-0.15, -0.1) is 0 Å². The highest BCUT2D eigenvalue weighted by atomic mass is 35.5. The van der Waals surface area contributed by atoms with Crippen LogP contribution >= 0.6 is 11.6 Å². The zero-order chi connectivity index (χ0) is 14.7. The maximum Gasteiger partial charge on any atom is 0.131 e. The number of hydrogen-bond donors (Lipinski definition) is 1. The van der Waals surface area contributed by atoms with Crippen LogP contribution in [-0.2, 0) is 0 Å². The average molecular weight is 296 g/mol. The van der Waals surface area contributed by atoms with E-state index in [-0.39, 0.29) is 5.56 Å². The molecule has 20 heavy (non-hydrogen) atoms. The molecule has 0 aliphatic rings. The smallest absolute Gasteiger partial charge is 0.131 e. The number of rotatable bonds is 4. The van der Waals surface area contributed by atoms with Crippen LogP contribution in [0.3, 0.4) is 0 Å². The van der Waals surface area contributed by atoms with Crippen LogP contribution in [0.1, 0.15) is 29.7 Å². The van der Waals surface area contributed by atoms with Crippen molar-refractivity contribution in [2.24, 2.45) is 0 Å². The zero-order valence-corrected chi connectivity index (χ0v) is 12.1. The SMILES string of the molecule is CCNC(c1cc(Cl)ccc1C)c1c(F)cccc1F. The van der Waals surface area contributed by atoms with Crippen molar-refractivity contribution in [3.05, 3.63) is 69.7 Å². The van der Waals surface area contributed by atoms with E-state index in [1.54, 1.807) is 12.1 Å². The highest BCUT2D eigenvalue weighted by Crippen LogP contribution is 2.30. The Labute approximate surface area is 122 Å². The molecule has 2 rings (SSSR count). The van der Waals surface area contributed by atoms with Gasteiger partial charge in [0, 0.05) is 10.6 Å². The average Bonchev–Trinajstić information content (AvgIpc) is 2.40. The van der Waals surface area contributed by atoms with Gasteiger partial charge in [0.1, 0.15) is 11.6 Å². The molecule has 2 aromatic carbocycles. The van der Waals surface area contributed by atoms with Crippen LogP contribution < -0.4 is 5.32 Å². The highest BCUT2D eigenvalue weighted by molar-refractivity contribution is 6.30. The lowest BCUT2D eigenvalue weighted by molar-refractivity contribution is 0.509. The Hall–Kier alpha value is -1.45. The van der Waals surface area contributed by atoms with Crippen molar-refractivity contribution in [2.75, 3.05) is 6.54 Å². The predicted octanol–water partition coefficient (Wildman–Crippen LogP) is 4.63. The van der Waals surface area contributed by atoms with Gasteiger partial charge in [0.2, 0.25) is 0 Å². The summed E-state index contributed by atoms with van der Waals surface area (Å²) in [5.41, 5.74) is 1.74. The molecule has 4 heteroatoms. The molecule has 1 N–H and O–H groups in total. The van der Waals surface area contributed by atoms with Gasteiger partial charge in [-0.05, 0) is 48.9 Å². The third kappa shape index (κ3) is 3.00. The first kappa shape index (κ1) is 14.9. The van der Waals surface area contributed by atoms with Crippen LogP contribution in [0.25, 0.3) is 0 Å². The van der Waals surface area contributed by atoms with E-state index in [2.05, 4.69) is 5.32 Å². The molecule has 0 bridgehead atoms. The molecule has 1 atom stereocenters. The van der Waals surface area contributed by atoms with Gasteiger partial charge >= 0.3 is 0 Å². The standard InChI is InChI=1S/C16H16ClF2N/c1-3-20-16(12-9-11(17)8-7-10(12)2)15-13(18)5-4-6-14(15)19/h4-9,16,20H,3H2,1-2H3. The quantitative estimate of drug-likeness (QED) is 0.867. The van der Waals surface area contributed by atoms with Crippen molar-refractivity contribution in [1.82, 2.24) is 5.32 Å². The third-order valence-electron chi connectivity index (χ3n) is 3.25. The van der Waals surface area contributed by atoms with Gasteiger partial charge in [-0.3, -0.25) is 0 Å². The first-order chi connectivity index (χ1) is 9.54. The van der Waals surface area contributed by atoms with Gasteiger partial charge < -0.3 is 5.32 Å². The maximum atomic E-state index is 14.0. The van der Waals surface area contributed by atoms with Crippen LogP contribution in [0.5, 0.6) is 0 Å². The summed E-state index contributed by atoms with van der Waals surface area (Å²) >= 11 is 6.01. The van der Waals surface area contributed by atoms with Crippen molar-refractivity contribution in [3.8, 4) is 0 Å². The molecule has 106 valence electrons. The van der Waals surface area contributed by atoms with Crippen LogP contribution in [0.2, 0.25) is 5.02 Å². The fourth-order valence-electron chi connectivity index (χ4n) is 2.28. The molecule has 0 saturated carbocycles. The van der Waals surface area contributed by atoms with Crippen molar-refractivity contribution >= 4 is 11.6 Å². The van der Waals surface area contributed by atoms with Gasteiger partial charge in [0.25, 0.3) is 0 Å². The molecule has 1 nitrogen and oxygen atoms in total. The first-order valence-corrected chi connectivity index (χ1v) is 6.85. The predicted molar refractivity (Wildman–Crippen MR) is 78.1 cm³/mol. The van der Waals surface area contributed by atoms with Gasteiger partial charge in [0.05, 0.1) is 6.04 Å². The van der Waals surface area contributed by atoms with E-state index < -0.39 is 17.7 Å². The van der Waals surface area contributed by atoms with E-state index in [9.17, 15) is 8.78 Å². The fraction of sp³-hybridized carbons (Fsp3) is 0.250. The van der Waals surface area contributed by atoms with Crippen LogP contribution in [0, 0.1) is 18.6 Å². The Morgan fingerprint density at radius 2 is 1.80 bits per heavy atom. The molecule has 0 aromatic heterocycles. The van der Waals surface area contributed by atoms with Gasteiger partial charge in [-0.25, -0.2) is 8.78 Å². The van der Waals surface area contributed by atoms with E-state index in [4.69, 9.17) is 11.6 Å². The largest absolute Gasteiger partial charge is 0.306 e. The molecule has 0 fully saturated rings. The third-order valence-corrected chi connectivity index (χ3v) is 3.48. The topological polar surface area (TPSA) is 12.0 Å². The lowest BCUT2D eigenvalue weighted by Crippen LogP contribution is -2.25. The van der Waals surface area contributed by atoms with Crippen molar-refractivity contribution < 1.29 is 8.78 Å². The summed E-state index contributed by atoms with van der Waals surface area (Å²) in [6.07, 6.45) is 0. The summed E-state index contributed by atoms with van der Waals surface area (Å²) < 4.78 is 28.1. The van der Waals surface area contributed by atoms with Crippen LogP contribution in [-0.4, -0.2) is 6.54 Å². The fourth-order valence-corrected chi connectivity index (χ4v) is 2.46. The molecular formula is C16H16ClF2N. The maximum absolute atomic E-state index is 14.0. The van der Waals surface area contributed by atoms with E-state index in [0.717, 1.165) is 11.1 Å². The highest BCUT2D eigenvalue weighted by Gasteiger charge is 2.22. The Morgan fingerprint density at radius 3 is 2.40 bits per heavy atom. The van der Waals surface area contributed by atoms with Crippen LogP contribution in [0.15, 0.2) is 36.4 Å². The van der Waals surface area contributed by atoms with Gasteiger partial charge in [0.15, 0.2) is 0 Å². The summed E-state index contributed by atoms with van der Waals surface area (Å²) in [6.45, 7) is 4.38. The lowest BCUT2D eigenvalue weighted by atomic mass is 9.94. The minimum absolute atomic E-state index is 0.0275. The summed E-state index contributed by atoms with van der Waals surface area (Å²) in [5.74, 6) is -1.12. The number of halogens is 3. The van der Waals surface area contributed by atoms with Gasteiger partial charge in [-0.2, -0.15) is 0 Å². The molecule has 1 unspecified atom stereocenters. The van der Waals surface area contributed by atoms with Crippen molar-refractivity contribution in [2.45, 2.75) is 19.9 Å². The molecule has 0 heterocycles. The Kier molecular flexibility index (Phi) is 4.73. The summed E-state index contributed by atoms with van der Waals surface area (Å²) in [4.78, 5) is 0. The minimum Gasteiger partial charge on any atom is -0.306 e. The molecular weight excluding hydrogens is 280 g/mol.